The summed E-state index contributed by atoms with van der Waals surface area (Å²) in [5.74, 6) is 1.64. The van der Waals surface area contributed by atoms with E-state index in [1.54, 1.807) is 12.5 Å². The Kier molecular flexibility index (Phi) is 18.9. The Morgan fingerprint density at radius 1 is 0.623 bits per heavy atom. The van der Waals surface area contributed by atoms with Crippen LogP contribution in [-0.2, 0) is 27.9 Å². The van der Waals surface area contributed by atoms with Crippen molar-refractivity contribution in [1.82, 2.24) is 24.8 Å². The van der Waals surface area contributed by atoms with Crippen molar-refractivity contribution in [2.24, 2.45) is 5.73 Å². The molecule has 0 bridgehead atoms. The first-order valence-electron chi connectivity index (χ1n) is 26.5. The summed E-state index contributed by atoms with van der Waals surface area (Å²) in [4.78, 5) is 24.3. The third kappa shape index (κ3) is 14.5. The van der Waals surface area contributed by atoms with Crippen molar-refractivity contribution in [3.63, 3.8) is 0 Å². The van der Waals surface area contributed by atoms with E-state index in [1.165, 1.54) is 5.56 Å². The molecular weight excluding hydrogens is 961 g/mol. The lowest BCUT2D eigenvalue weighted by Crippen LogP contribution is -2.41. The molecule has 11 rings (SSSR count). The number of nitrogens with two attached hydrogens (primary N) is 2. The zero-order valence-electron chi connectivity index (χ0n) is 43.4. The van der Waals surface area contributed by atoms with Gasteiger partial charge >= 0.3 is 6.03 Å². The number of rotatable bonds is 16. The van der Waals surface area contributed by atoms with Crippen LogP contribution in [0.25, 0.3) is 22.5 Å². The lowest BCUT2D eigenvalue weighted by atomic mass is 9.77. The fourth-order valence-corrected chi connectivity index (χ4v) is 9.56. The largest absolute Gasteiger partial charge is 0.493 e. The monoisotopic (exact) mass is 1030 g/mol. The summed E-state index contributed by atoms with van der Waals surface area (Å²) in [6.07, 6.45) is 12.9. The molecule has 7 aromatic carbocycles. The average Bonchev–Trinajstić information content (AvgIpc) is 4.27. The fourth-order valence-electron chi connectivity index (χ4n) is 9.56. The Bertz CT molecular complexity index is 3050. The molecule has 2 aliphatic rings. The number of imidazole rings is 2. The number of urea groups is 1. The molecule has 13 nitrogen and oxygen atoms in total. The lowest BCUT2D eigenvalue weighted by molar-refractivity contribution is 0.0806. The minimum atomic E-state index is -0.611. The molecule has 0 aliphatic carbocycles. The van der Waals surface area contributed by atoms with Crippen LogP contribution in [0.1, 0.15) is 53.5 Å². The highest BCUT2D eigenvalue weighted by Crippen LogP contribution is 2.42. The van der Waals surface area contributed by atoms with E-state index in [9.17, 15) is 4.79 Å². The topological polar surface area (TPSA) is 177 Å². The first-order chi connectivity index (χ1) is 37.9. The Morgan fingerprint density at radius 2 is 1.12 bits per heavy atom. The molecule has 13 heteroatoms. The third-order valence-electron chi connectivity index (χ3n) is 13.7. The van der Waals surface area contributed by atoms with Crippen molar-refractivity contribution in [2.75, 3.05) is 50.7 Å². The van der Waals surface area contributed by atoms with Gasteiger partial charge in [-0.2, -0.15) is 0 Å². The van der Waals surface area contributed by atoms with Crippen LogP contribution in [0.4, 0.5) is 16.2 Å². The normalized spacial score (nSPS) is 13.7. The summed E-state index contributed by atoms with van der Waals surface area (Å²) in [5, 5.41) is 5.88. The van der Waals surface area contributed by atoms with E-state index in [1.807, 2.05) is 97.3 Å². The summed E-state index contributed by atoms with van der Waals surface area (Å²) < 4.78 is 24.9. The maximum absolute atomic E-state index is 12.1. The van der Waals surface area contributed by atoms with Crippen LogP contribution in [0, 0.1) is 0 Å². The zero-order chi connectivity index (χ0) is 52.9. The van der Waals surface area contributed by atoms with E-state index in [0.717, 1.165) is 119 Å². The molecule has 7 N–H and O–H groups in total. The van der Waals surface area contributed by atoms with Crippen molar-refractivity contribution in [3.8, 4) is 34.0 Å². The van der Waals surface area contributed by atoms with Gasteiger partial charge in [-0.3, -0.25) is 0 Å². The maximum atomic E-state index is 12.1. The molecule has 0 unspecified atom stereocenters. The van der Waals surface area contributed by atoms with Gasteiger partial charge in [0.05, 0.1) is 43.5 Å². The van der Waals surface area contributed by atoms with Gasteiger partial charge in [-0.05, 0) is 102 Å². The number of para-hydroxylation sites is 2. The number of carbonyl (C=O) groups is 1. The highest BCUT2D eigenvalue weighted by Gasteiger charge is 2.38. The number of hydrogen-bond donors (Lipinski definition) is 5. The number of amides is 2. The number of H-pyrrole nitrogens is 1. The lowest BCUT2D eigenvalue weighted by Gasteiger charge is -2.37. The van der Waals surface area contributed by atoms with Gasteiger partial charge in [0.15, 0.2) is 0 Å². The van der Waals surface area contributed by atoms with Crippen molar-refractivity contribution < 1.29 is 23.7 Å². The van der Waals surface area contributed by atoms with Crippen molar-refractivity contribution >= 4 is 17.4 Å². The van der Waals surface area contributed by atoms with Gasteiger partial charge in [-0.25, -0.2) is 14.8 Å². The summed E-state index contributed by atoms with van der Waals surface area (Å²) >= 11 is 0. The average molecular weight is 1030 g/mol. The number of benzene rings is 7. The number of anilines is 2. The molecule has 394 valence electrons. The van der Waals surface area contributed by atoms with Crippen LogP contribution in [0.15, 0.2) is 213 Å². The van der Waals surface area contributed by atoms with Crippen molar-refractivity contribution in [1.29, 1.82) is 0 Å². The van der Waals surface area contributed by atoms with Crippen LogP contribution >= 0.6 is 0 Å². The van der Waals surface area contributed by atoms with Gasteiger partial charge in [0.1, 0.15) is 17.0 Å². The van der Waals surface area contributed by atoms with Crippen LogP contribution < -0.4 is 31.6 Å². The Balaban J connectivity index is 0.000000172. The predicted molar refractivity (Wildman–Crippen MR) is 306 cm³/mol. The van der Waals surface area contributed by atoms with Gasteiger partial charge in [0, 0.05) is 80.1 Å². The second-order valence-corrected chi connectivity index (χ2v) is 19.0. The summed E-state index contributed by atoms with van der Waals surface area (Å²) in [6, 6.07) is 64.1. The van der Waals surface area contributed by atoms with Gasteiger partial charge in [0.2, 0.25) is 0 Å². The summed E-state index contributed by atoms with van der Waals surface area (Å²) in [6.45, 7) is 4.25. The van der Waals surface area contributed by atoms with Crippen LogP contribution in [0.5, 0.6) is 11.5 Å². The number of carbonyl (C=O) groups excluding carboxylic acids is 1. The molecular formula is C64H68N8O5. The standard InChI is InChI=1S/C36H31N3O.C23H26N4O3.C5H11NO/c37-32-22-20-28(21-23-32)24-25-40-35-19-11-10-18-33(35)34-26-39(27-38-34)36(29-12-4-1-5-13-29,30-14-6-2-7-15-30)31-16-8-3-9-17-31;28-23(27-19-10-12-29-13-11-19)26-18-7-5-17(6-8-18)9-14-30-22-4-2-1-3-20(22)21-15-24-16-25-21;6-5-1-3-7-4-2-5/h1-23,26-27H,24-25,37H2;1-8,15-16,19H,9-14H2,(H,24,25)(H2,26,27,28);5H,1-4,6H2. The van der Waals surface area contributed by atoms with Crippen LogP contribution in [0.3, 0.4) is 0 Å². The number of hydrogen-bond acceptors (Lipinski definition) is 9. The minimum absolute atomic E-state index is 0.173. The van der Waals surface area contributed by atoms with Crippen LogP contribution in [-0.4, -0.2) is 77.3 Å². The molecule has 2 aromatic heterocycles. The predicted octanol–water partition coefficient (Wildman–Crippen LogP) is 11.7. The Morgan fingerprint density at radius 3 is 1.64 bits per heavy atom. The first-order valence-corrected chi connectivity index (χ1v) is 26.5. The van der Waals surface area contributed by atoms with Gasteiger partial charge < -0.3 is 50.6 Å². The van der Waals surface area contributed by atoms with E-state index in [-0.39, 0.29) is 12.1 Å². The SMILES string of the molecule is NC1CCOCC1.Nc1ccc(CCOc2ccccc2-c2cn(C(c3ccccc3)(c3ccccc3)c3ccccc3)cn2)cc1.O=C(Nc1ccc(CCOc2ccccc2-c2cnc[nH]2)cc1)NC1CCOCC1. The third-order valence-corrected chi connectivity index (χ3v) is 13.7. The van der Waals surface area contributed by atoms with E-state index >= 15 is 0 Å². The van der Waals surface area contributed by atoms with Gasteiger partial charge in [-0.15, -0.1) is 0 Å². The number of nitrogen functional groups attached to an aromatic ring is 1. The minimum Gasteiger partial charge on any atom is -0.493 e. The Labute approximate surface area is 451 Å². The molecule has 2 fully saturated rings. The van der Waals surface area contributed by atoms with Gasteiger partial charge in [-0.1, -0.05) is 140 Å². The van der Waals surface area contributed by atoms with Crippen molar-refractivity contribution in [2.45, 2.75) is 56.1 Å². The number of nitrogens with zero attached hydrogens (tertiary/aromatic N) is 3. The number of nitrogens with one attached hydrogen (secondary N) is 3. The molecule has 77 heavy (non-hydrogen) atoms. The summed E-state index contributed by atoms with van der Waals surface area (Å²) in [5.41, 5.74) is 21.9. The molecule has 9 aromatic rings. The summed E-state index contributed by atoms with van der Waals surface area (Å²) in [7, 11) is 0. The van der Waals surface area contributed by atoms with Crippen molar-refractivity contribution in [3.05, 3.63) is 241 Å². The highest BCUT2D eigenvalue weighted by atomic mass is 16.5. The van der Waals surface area contributed by atoms with Gasteiger partial charge in [0.25, 0.3) is 0 Å². The number of aromatic amines is 1. The van der Waals surface area contributed by atoms with E-state index in [0.29, 0.717) is 32.5 Å². The molecule has 2 saturated heterocycles. The maximum Gasteiger partial charge on any atom is 0.319 e. The quantitative estimate of drug-likeness (QED) is 0.0466. The van der Waals surface area contributed by atoms with Crippen LogP contribution in [0.2, 0.25) is 0 Å². The fraction of sp³-hybridized carbons (Fsp3) is 0.234. The molecule has 0 atom stereocenters. The molecule has 2 aliphatic heterocycles. The second-order valence-electron chi connectivity index (χ2n) is 19.0. The van der Waals surface area contributed by atoms with E-state index < -0.39 is 5.54 Å². The van der Waals surface area contributed by atoms with E-state index in [4.69, 9.17) is 35.4 Å². The number of aromatic nitrogens is 4. The molecule has 0 saturated carbocycles. The smallest absolute Gasteiger partial charge is 0.319 e. The second kappa shape index (κ2) is 27.3. The molecule has 4 heterocycles. The zero-order valence-corrected chi connectivity index (χ0v) is 43.4. The molecule has 0 radical (unpaired) electrons. The number of ether oxygens (including phenoxy) is 4. The molecule has 2 amide bonds. The first kappa shape index (κ1) is 53.3. The Hall–Kier alpha value is -8.49. The molecule has 0 spiro atoms. The highest BCUT2D eigenvalue weighted by molar-refractivity contribution is 5.89. The van der Waals surface area contributed by atoms with E-state index in [2.05, 4.69) is 128 Å².